The molecule has 0 saturated carbocycles. The summed E-state index contributed by atoms with van der Waals surface area (Å²) in [6, 6.07) is 6.90. The molecule has 0 fully saturated rings. The molecular formula is C11H8N2O2. The lowest BCUT2D eigenvalue weighted by Crippen LogP contribution is -1.77. The zero-order valence-corrected chi connectivity index (χ0v) is 7.74. The van der Waals surface area contributed by atoms with Crippen LogP contribution in [0.1, 0.15) is 10.5 Å². The van der Waals surface area contributed by atoms with Crippen molar-refractivity contribution in [1.82, 2.24) is 9.97 Å². The van der Waals surface area contributed by atoms with Crippen LogP contribution in [0.25, 0.3) is 21.9 Å². The number of aromatic nitrogens is 2. The third-order valence-electron chi connectivity index (χ3n) is 2.52. The van der Waals surface area contributed by atoms with Crippen LogP contribution in [-0.4, -0.2) is 21.4 Å². The van der Waals surface area contributed by atoms with Crippen molar-refractivity contribution in [2.45, 2.75) is 0 Å². The number of aldehydes is 1. The maximum Gasteiger partial charge on any atom is 0.166 e. The van der Waals surface area contributed by atoms with Crippen LogP contribution in [0.2, 0.25) is 0 Å². The van der Waals surface area contributed by atoms with Gasteiger partial charge in [0.05, 0.1) is 11.2 Å². The number of carbonyl (C=O) groups is 1. The lowest BCUT2D eigenvalue weighted by molar-refractivity contribution is 0.111. The molecule has 0 amide bonds. The van der Waals surface area contributed by atoms with E-state index >= 15 is 0 Å². The van der Waals surface area contributed by atoms with Gasteiger partial charge in [0.2, 0.25) is 0 Å². The van der Waals surface area contributed by atoms with Crippen LogP contribution in [-0.2, 0) is 0 Å². The molecule has 2 aromatic heterocycles. The normalized spacial score (nSPS) is 11.2. The number of rotatable bonds is 1. The molecule has 4 nitrogen and oxygen atoms in total. The molecule has 0 aliphatic carbocycles. The van der Waals surface area contributed by atoms with E-state index < -0.39 is 0 Å². The third-order valence-corrected chi connectivity index (χ3v) is 2.52. The minimum absolute atomic E-state index is 0.224. The topological polar surface area (TPSA) is 68.9 Å². The Hall–Kier alpha value is -2.23. The predicted octanol–water partition coefficient (Wildman–Crippen LogP) is 2.17. The number of phenolic OH excluding ortho intramolecular Hbond substituents is 1. The molecule has 3 rings (SSSR count). The maximum atomic E-state index is 10.6. The van der Waals surface area contributed by atoms with Crippen molar-refractivity contribution in [3.63, 3.8) is 0 Å². The van der Waals surface area contributed by atoms with E-state index in [1.165, 1.54) is 0 Å². The van der Waals surface area contributed by atoms with Crippen molar-refractivity contribution in [3.8, 4) is 5.75 Å². The van der Waals surface area contributed by atoms with Gasteiger partial charge in [0, 0.05) is 16.8 Å². The standard InChI is InChI=1S/C11H8N2O2/c14-5-6-3-9-8-2-1-7(15)4-10(8)13-11(9)12-6/h1-5,12-13,15H. The second-order valence-corrected chi connectivity index (χ2v) is 3.49. The van der Waals surface area contributed by atoms with E-state index in [1.807, 2.05) is 6.07 Å². The molecule has 0 bridgehead atoms. The number of aromatic amines is 2. The summed E-state index contributed by atoms with van der Waals surface area (Å²) in [6.07, 6.45) is 0.778. The second-order valence-electron chi connectivity index (χ2n) is 3.49. The Labute approximate surface area is 84.5 Å². The maximum absolute atomic E-state index is 10.6. The first kappa shape index (κ1) is 8.11. The zero-order chi connectivity index (χ0) is 10.4. The molecule has 1 aromatic carbocycles. The number of H-pyrrole nitrogens is 2. The Kier molecular flexibility index (Phi) is 1.42. The average Bonchev–Trinajstić information content (AvgIpc) is 2.73. The molecule has 2 heterocycles. The second kappa shape index (κ2) is 2.63. The fourth-order valence-electron chi connectivity index (χ4n) is 1.86. The van der Waals surface area contributed by atoms with Gasteiger partial charge in [-0.15, -0.1) is 0 Å². The molecule has 74 valence electrons. The first-order valence-electron chi connectivity index (χ1n) is 4.56. The summed E-state index contributed by atoms with van der Waals surface area (Å²) in [4.78, 5) is 16.6. The zero-order valence-electron chi connectivity index (χ0n) is 7.74. The summed E-state index contributed by atoms with van der Waals surface area (Å²) in [6.45, 7) is 0. The van der Waals surface area contributed by atoms with Crippen molar-refractivity contribution in [1.29, 1.82) is 0 Å². The number of carbonyl (C=O) groups excluding carboxylic acids is 1. The molecule has 0 unspecified atom stereocenters. The Morgan fingerprint density at radius 1 is 1.13 bits per heavy atom. The highest BCUT2D eigenvalue weighted by atomic mass is 16.3. The fraction of sp³-hybridized carbons (Fsp3) is 0. The van der Waals surface area contributed by atoms with Crippen LogP contribution < -0.4 is 0 Å². The smallest absolute Gasteiger partial charge is 0.166 e. The highest BCUT2D eigenvalue weighted by Gasteiger charge is 2.07. The van der Waals surface area contributed by atoms with E-state index in [2.05, 4.69) is 9.97 Å². The van der Waals surface area contributed by atoms with E-state index in [0.29, 0.717) is 5.69 Å². The van der Waals surface area contributed by atoms with Crippen molar-refractivity contribution >= 4 is 28.2 Å². The SMILES string of the molecule is O=Cc1cc2c([nH]1)[nH]c1cc(O)ccc12. The van der Waals surface area contributed by atoms with Gasteiger partial charge in [0.1, 0.15) is 11.4 Å². The van der Waals surface area contributed by atoms with E-state index in [9.17, 15) is 9.90 Å². The highest BCUT2D eigenvalue weighted by Crippen LogP contribution is 2.27. The molecule has 15 heavy (non-hydrogen) atoms. The molecule has 3 N–H and O–H groups in total. The Morgan fingerprint density at radius 2 is 2.00 bits per heavy atom. The lowest BCUT2D eigenvalue weighted by Gasteiger charge is -1.91. The van der Waals surface area contributed by atoms with Gasteiger partial charge < -0.3 is 15.1 Å². The Morgan fingerprint density at radius 3 is 2.80 bits per heavy atom. The van der Waals surface area contributed by atoms with Crippen molar-refractivity contribution in [3.05, 3.63) is 30.0 Å². The van der Waals surface area contributed by atoms with Gasteiger partial charge in [-0.1, -0.05) is 0 Å². The summed E-state index contributed by atoms with van der Waals surface area (Å²) in [7, 11) is 0. The van der Waals surface area contributed by atoms with E-state index in [-0.39, 0.29) is 5.75 Å². The summed E-state index contributed by atoms with van der Waals surface area (Å²) < 4.78 is 0. The molecule has 3 aromatic rings. The quantitative estimate of drug-likeness (QED) is 0.527. The summed E-state index contributed by atoms with van der Waals surface area (Å²) in [5.74, 6) is 0.224. The van der Waals surface area contributed by atoms with Gasteiger partial charge in [-0.2, -0.15) is 0 Å². The van der Waals surface area contributed by atoms with Gasteiger partial charge in [-0.05, 0) is 18.2 Å². The van der Waals surface area contributed by atoms with Crippen LogP contribution in [0.15, 0.2) is 24.3 Å². The number of hydrogen-bond acceptors (Lipinski definition) is 2. The van der Waals surface area contributed by atoms with Gasteiger partial charge in [-0.3, -0.25) is 4.79 Å². The minimum atomic E-state index is 0.224. The largest absolute Gasteiger partial charge is 0.508 e. The summed E-state index contributed by atoms with van der Waals surface area (Å²) >= 11 is 0. The lowest BCUT2D eigenvalue weighted by atomic mass is 10.2. The predicted molar refractivity (Wildman–Crippen MR) is 57.2 cm³/mol. The number of hydrogen-bond donors (Lipinski definition) is 3. The first-order valence-corrected chi connectivity index (χ1v) is 4.56. The molecular weight excluding hydrogens is 192 g/mol. The molecule has 0 spiro atoms. The summed E-state index contributed by atoms with van der Waals surface area (Å²) in [5.41, 5.74) is 2.21. The fourth-order valence-corrected chi connectivity index (χ4v) is 1.86. The van der Waals surface area contributed by atoms with Crippen LogP contribution in [0.4, 0.5) is 0 Å². The number of fused-ring (bicyclic) bond motifs is 3. The van der Waals surface area contributed by atoms with Crippen LogP contribution >= 0.6 is 0 Å². The number of benzene rings is 1. The molecule has 4 heteroatoms. The van der Waals surface area contributed by atoms with Crippen LogP contribution in [0.5, 0.6) is 5.75 Å². The molecule has 0 aliphatic heterocycles. The third kappa shape index (κ3) is 1.05. The van der Waals surface area contributed by atoms with Crippen molar-refractivity contribution in [2.24, 2.45) is 0 Å². The van der Waals surface area contributed by atoms with E-state index in [1.54, 1.807) is 18.2 Å². The van der Waals surface area contributed by atoms with E-state index in [4.69, 9.17) is 0 Å². The van der Waals surface area contributed by atoms with Crippen LogP contribution in [0.3, 0.4) is 0 Å². The van der Waals surface area contributed by atoms with Gasteiger partial charge >= 0.3 is 0 Å². The number of nitrogens with one attached hydrogen (secondary N) is 2. The Bertz CT molecular complexity index is 664. The average molecular weight is 200 g/mol. The van der Waals surface area contributed by atoms with Gasteiger partial charge in [-0.25, -0.2) is 0 Å². The van der Waals surface area contributed by atoms with Gasteiger partial charge in [0.25, 0.3) is 0 Å². The number of aromatic hydroxyl groups is 1. The van der Waals surface area contributed by atoms with Crippen molar-refractivity contribution < 1.29 is 9.90 Å². The van der Waals surface area contributed by atoms with Crippen molar-refractivity contribution in [2.75, 3.05) is 0 Å². The molecule has 0 atom stereocenters. The number of phenols is 1. The Balaban J connectivity index is 2.45. The molecule has 0 radical (unpaired) electrons. The molecule has 0 aliphatic rings. The highest BCUT2D eigenvalue weighted by molar-refractivity contribution is 6.08. The molecule has 0 saturated heterocycles. The van der Waals surface area contributed by atoms with E-state index in [0.717, 1.165) is 28.2 Å². The summed E-state index contributed by atoms with van der Waals surface area (Å²) in [5, 5.41) is 11.3. The minimum Gasteiger partial charge on any atom is -0.508 e. The van der Waals surface area contributed by atoms with Gasteiger partial charge in [0.15, 0.2) is 6.29 Å². The first-order chi connectivity index (χ1) is 7.28. The monoisotopic (exact) mass is 200 g/mol. The van der Waals surface area contributed by atoms with Crippen LogP contribution in [0, 0.1) is 0 Å².